The Kier molecular flexibility index (Phi) is 6.56. The number of carbonyl (C=O) groups excluding carboxylic acids is 3. The molecule has 36 heavy (non-hydrogen) atoms. The molecule has 1 unspecified atom stereocenters. The molecule has 9 heteroatoms. The molecule has 1 atom stereocenters. The lowest BCUT2D eigenvalue weighted by Crippen LogP contribution is -2.59. The molecule has 0 aliphatic carbocycles. The largest absolute Gasteiger partial charge is 0.459 e. The average molecular weight is 489 g/mol. The second kappa shape index (κ2) is 9.94. The molecule has 5 rings (SSSR count). The smallest absolute Gasteiger partial charge is 0.292 e. The molecule has 2 saturated heterocycles. The molecule has 2 fully saturated rings. The minimum absolute atomic E-state index is 0.0555. The van der Waals surface area contributed by atoms with E-state index in [2.05, 4.69) is 10.3 Å². The maximum Gasteiger partial charge on any atom is 0.292 e. The van der Waals surface area contributed by atoms with E-state index in [4.69, 9.17) is 9.15 Å². The van der Waals surface area contributed by atoms with Gasteiger partial charge in [-0.1, -0.05) is 23.8 Å². The van der Waals surface area contributed by atoms with Gasteiger partial charge in [-0.25, -0.2) is 0 Å². The van der Waals surface area contributed by atoms with E-state index in [1.807, 2.05) is 37.3 Å². The Hall–Kier alpha value is -3.98. The van der Waals surface area contributed by atoms with Crippen LogP contribution in [0.25, 0.3) is 0 Å². The molecule has 0 radical (unpaired) electrons. The lowest BCUT2D eigenvalue weighted by Gasteiger charge is -2.44. The number of hydrogen-bond acceptors (Lipinski definition) is 6. The summed E-state index contributed by atoms with van der Waals surface area (Å²) in [6.07, 6.45) is 3.87. The maximum atomic E-state index is 13.5. The number of piperidine rings is 1. The van der Waals surface area contributed by atoms with Crippen LogP contribution in [0.3, 0.4) is 0 Å². The monoisotopic (exact) mass is 488 g/mol. The van der Waals surface area contributed by atoms with Crippen LogP contribution in [0.4, 0.5) is 0 Å². The molecule has 186 valence electrons. The van der Waals surface area contributed by atoms with Crippen molar-refractivity contribution in [2.45, 2.75) is 38.1 Å². The van der Waals surface area contributed by atoms with Gasteiger partial charge in [0.1, 0.15) is 11.8 Å². The zero-order valence-corrected chi connectivity index (χ0v) is 20.1. The zero-order valence-electron chi connectivity index (χ0n) is 20.1. The first-order valence-corrected chi connectivity index (χ1v) is 12.0. The number of furan rings is 1. The van der Waals surface area contributed by atoms with Gasteiger partial charge in [0.05, 0.1) is 25.1 Å². The van der Waals surface area contributed by atoms with Crippen LogP contribution in [0.1, 0.15) is 45.0 Å². The Balaban J connectivity index is 1.33. The first-order valence-electron chi connectivity index (χ1n) is 12.0. The average Bonchev–Trinajstić information content (AvgIpc) is 3.57. The van der Waals surface area contributed by atoms with E-state index >= 15 is 0 Å². The van der Waals surface area contributed by atoms with Crippen LogP contribution in [0.5, 0.6) is 0 Å². The molecular weight excluding hydrogens is 460 g/mol. The molecule has 2 aliphatic rings. The molecule has 1 N–H and O–H groups in total. The lowest BCUT2D eigenvalue weighted by molar-refractivity contribution is -0.128. The Morgan fingerprint density at radius 3 is 2.58 bits per heavy atom. The van der Waals surface area contributed by atoms with Gasteiger partial charge in [-0.05, 0) is 43.3 Å². The lowest BCUT2D eigenvalue weighted by atomic mass is 9.96. The second-order valence-corrected chi connectivity index (χ2v) is 9.13. The summed E-state index contributed by atoms with van der Waals surface area (Å²) >= 11 is 0. The summed E-state index contributed by atoms with van der Waals surface area (Å²) in [5, 5.41) is 2.88. The van der Waals surface area contributed by atoms with Gasteiger partial charge in [-0.2, -0.15) is 0 Å². The number of amides is 3. The van der Waals surface area contributed by atoms with Gasteiger partial charge in [0.2, 0.25) is 5.91 Å². The van der Waals surface area contributed by atoms with E-state index in [1.165, 1.54) is 11.2 Å². The number of likely N-dealkylation sites (tertiary alicyclic amines) is 1. The van der Waals surface area contributed by atoms with Gasteiger partial charge in [0, 0.05) is 37.7 Å². The first-order chi connectivity index (χ1) is 17.5. The van der Waals surface area contributed by atoms with E-state index in [9.17, 15) is 14.4 Å². The fourth-order valence-electron chi connectivity index (χ4n) is 4.90. The van der Waals surface area contributed by atoms with Crippen molar-refractivity contribution in [3.8, 4) is 0 Å². The van der Waals surface area contributed by atoms with Crippen molar-refractivity contribution in [3.05, 3.63) is 89.6 Å². The van der Waals surface area contributed by atoms with Crippen molar-refractivity contribution >= 4 is 17.7 Å². The molecule has 9 nitrogen and oxygen atoms in total. The molecule has 0 saturated carbocycles. The number of nitrogens with one attached hydrogen (secondary N) is 1. The minimum atomic E-state index is -1.000. The number of aryl methyl sites for hydroxylation is 1. The summed E-state index contributed by atoms with van der Waals surface area (Å²) in [5.74, 6) is -0.648. The van der Waals surface area contributed by atoms with Gasteiger partial charge in [0.15, 0.2) is 5.76 Å². The van der Waals surface area contributed by atoms with Crippen LogP contribution in [-0.2, 0) is 16.1 Å². The number of carbonyl (C=O) groups is 3. The summed E-state index contributed by atoms with van der Waals surface area (Å²) in [4.78, 5) is 47.3. The van der Waals surface area contributed by atoms with Gasteiger partial charge >= 0.3 is 0 Å². The Morgan fingerprint density at radius 2 is 1.89 bits per heavy atom. The van der Waals surface area contributed by atoms with Crippen molar-refractivity contribution in [3.63, 3.8) is 0 Å². The third-order valence-electron chi connectivity index (χ3n) is 6.78. The van der Waals surface area contributed by atoms with Crippen LogP contribution >= 0.6 is 0 Å². The number of hydrogen-bond donors (Lipinski definition) is 1. The molecule has 2 aliphatic heterocycles. The van der Waals surface area contributed by atoms with Gasteiger partial charge in [-0.3, -0.25) is 24.3 Å². The Bertz CT molecular complexity index is 1240. The number of rotatable bonds is 5. The van der Waals surface area contributed by atoms with Crippen LogP contribution in [0, 0.1) is 6.92 Å². The van der Waals surface area contributed by atoms with Gasteiger partial charge in [0.25, 0.3) is 11.8 Å². The van der Waals surface area contributed by atoms with Gasteiger partial charge in [-0.15, -0.1) is 0 Å². The summed E-state index contributed by atoms with van der Waals surface area (Å²) in [7, 11) is 0. The number of benzene rings is 1. The van der Waals surface area contributed by atoms with E-state index in [0.29, 0.717) is 37.2 Å². The third-order valence-corrected chi connectivity index (χ3v) is 6.78. The summed E-state index contributed by atoms with van der Waals surface area (Å²) in [5.41, 5.74) is 1.36. The van der Waals surface area contributed by atoms with Gasteiger partial charge < -0.3 is 19.4 Å². The highest BCUT2D eigenvalue weighted by Gasteiger charge is 2.54. The van der Waals surface area contributed by atoms with Crippen molar-refractivity contribution < 1.29 is 23.5 Å². The summed E-state index contributed by atoms with van der Waals surface area (Å²) in [6.45, 7) is 3.05. The van der Waals surface area contributed by atoms with Crippen LogP contribution < -0.4 is 5.32 Å². The van der Waals surface area contributed by atoms with Crippen LogP contribution in [0.2, 0.25) is 0 Å². The minimum Gasteiger partial charge on any atom is -0.459 e. The van der Waals surface area contributed by atoms with Crippen molar-refractivity contribution in [2.75, 3.05) is 19.7 Å². The van der Waals surface area contributed by atoms with E-state index in [-0.39, 0.29) is 30.7 Å². The molecule has 1 aromatic carbocycles. The third kappa shape index (κ3) is 4.61. The molecular formula is C27H28N4O5. The highest BCUT2D eigenvalue weighted by Crippen LogP contribution is 2.39. The first kappa shape index (κ1) is 23.7. The molecule has 4 heterocycles. The fourth-order valence-corrected chi connectivity index (χ4v) is 4.90. The normalized spacial score (nSPS) is 18.9. The number of ether oxygens (including phenoxy) is 1. The molecule has 3 aromatic rings. The Labute approximate surface area is 209 Å². The maximum absolute atomic E-state index is 13.5. The highest BCUT2D eigenvalue weighted by molar-refractivity contribution is 5.97. The number of nitrogens with zero attached hydrogens (tertiary/aromatic N) is 3. The van der Waals surface area contributed by atoms with Crippen molar-refractivity contribution in [1.29, 1.82) is 0 Å². The number of pyridine rings is 1. The molecule has 1 spiro atoms. The fraction of sp³-hybridized carbons (Fsp3) is 0.333. The SMILES string of the molecule is Cc1cccc(C(=O)N2CCC3(CC2)OCC(C(=O)NCc2ccccn2)N3C(=O)c2ccco2)c1. The molecule has 0 bridgehead atoms. The van der Waals surface area contributed by atoms with E-state index < -0.39 is 17.7 Å². The topological polar surface area (TPSA) is 105 Å². The van der Waals surface area contributed by atoms with Crippen LogP contribution in [-0.4, -0.2) is 64.0 Å². The standard InChI is InChI=1S/C27H28N4O5/c1-19-6-4-7-20(16-19)25(33)30-13-10-27(11-14-30)31(26(34)23-9-5-15-35-23)22(18-36-27)24(32)29-17-21-8-2-3-12-28-21/h2-9,12,15-16,22H,10-11,13-14,17-18H2,1H3,(H,29,32). The summed E-state index contributed by atoms with van der Waals surface area (Å²) < 4.78 is 11.6. The van der Waals surface area contributed by atoms with Crippen molar-refractivity contribution in [1.82, 2.24) is 20.1 Å². The highest BCUT2D eigenvalue weighted by atomic mass is 16.5. The van der Waals surface area contributed by atoms with Crippen molar-refractivity contribution in [2.24, 2.45) is 0 Å². The van der Waals surface area contributed by atoms with E-state index in [0.717, 1.165) is 5.56 Å². The predicted molar refractivity (Wildman–Crippen MR) is 130 cm³/mol. The number of aromatic nitrogens is 1. The summed E-state index contributed by atoms with van der Waals surface area (Å²) in [6, 6.07) is 15.3. The molecule has 2 aromatic heterocycles. The predicted octanol–water partition coefficient (Wildman–Crippen LogP) is 2.77. The Morgan fingerprint density at radius 1 is 1.06 bits per heavy atom. The molecule has 3 amide bonds. The quantitative estimate of drug-likeness (QED) is 0.592. The second-order valence-electron chi connectivity index (χ2n) is 9.13. The van der Waals surface area contributed by atoms with Crippen LogP contribution in [0.15, 0.2) is 71.5 Å². The van der Waals surface area contributed by atoms with E-state index in [1.54, 1.807) is 35.4 Å². The zero-order chi connectivity index (χ0) is 25.1.